The predicted molar refractivity (Wildman–Crippen MR) is 306 cm³/mol. The summed E-state index contributed by atoms with van der Waals surface area (Å²) in [5.41, 5.74) is 5.20. The summed E-state index contributed by atoms with van der Waals surface area (Å²) in [4.78, 5) is 65.4. The van der Waals surface area contributed by atoms with E-state index in [1.165, 1.54) is 0 Å². The maximum Gasteiger partial charge on any atom is 0.326 e. The zero-order valence-corrected chi connectivity index (χ0v) is 45.7. The number of carbonyl (C=O) groups excluding carboxylic acids is 3. The van der Waals surface area contributed by atoms with E-state index in [4.69, 9.17) is 28.4 Å². The van der Waals surface area contributed by atoms with Crippen molar-refractivity contribution in [2.24, 2.45) is 0 Å². The number of benzene rings is 6. The average Bonchev–Trinajstić information content (AvgIpc) is 3.50. The third-order valence-corrected chi connectivity index (χ3v) is 14.0. The molecule has 4 atom stereocenters. The Hall–Kier alpha value is -7.34. The van der Waals surface area contributed by atoms with Crippen molar-refractivity contribution in [2.45, 2.75) is 76.7 Å². The van der Waals surface area contributed by atoms with Crippen LogP contribution in [0, 0.1) is 0 Å². The van der Waals surface area contributed by atoms with Gasteiger partial charge in [-0.2, -0.15) is 0 Å². The molecule has 1 N–H and O–H groups in total. The minimum absolute atomic E-state index is 0.0234. The summed E-state index contributed by atoms with van der Waals surface area (Å²) in [6.07, 6.45) is 2.41. The highest BCUT2D eigenvalue weighted by Crippen LogP contribution is 2.19. The van der Waals surface area contributed by atoms with Gasteiger partial charge in [0.25, 0.3) is 0 Å². The quantitative estimate of drug-likeness (QED) is 0.0270. The smallest absolute Gasteiger partial charge is 0.326 e. The van der Waals surface area contributed by atoms with Crippen LogP contribution >= 0.6 is 0 Å². The number of ether oxygens (including phenoxy) is 6. The summed E-state index contributed by atoms with van der Waals surface area (Å²) >= 11 is 0. The first-order valence-corrected chi connectivity index (χ1v) is 27.5. The van der Waals surface area contributed by atoms with E-state index in [0.717, 1.165) is 33.4 Å². The minimum atomic E-state index is -1.01. The molecule has 0 aromatic heterocycles. The number of aliphatic carboxylic acids is 1. The fourth-order valence-corrected chi connectivity index (χ4v) is 9.49. The molecule has 1 heterocycles. The number of nitrogens with zero attached hydrogens (tertiary/aromatic N) is 4. The van der Waals surface area contributed by atoms with Crippen LogP contribution in [0.4, 0.5) is 0 Å². The van der Waals surface area contributed by atoms with Crippen LogP contribution < -0.4 is 0 Å². The van der Waals surface area contributed by atoms with E-state index >= 15 is 0 Å². The zero-order valence-electron chi connectivity index (χ0n) is 45.7. The molecule has 0 spiro atoms. The molecule has 1 saturated heterocycles. The van der Waals surface area contributed by atoms with Crippen molar-refractivity contribution in [2.75, 3.05) is 72.2 Å². The van der Waals surface area contributed by atoms with Crippen molar-refractivity contribution in [3.8, 4) is 0 Å². The first-order valence-electron chi connectivity index (χ1n) is 27.5. The molecule has 0 amide bonds. The molecule has 15 nitrogen and oxygen atoms in total. The van der Waals surface area contributed by atoms with Crippen LogP contribution in [0.25, 0.3) is 0 Å². The molecule has 80 heavy (non-hydrogen) atoms. The molecule has 1 fully saturated rings. The highest BCUT2D eigenvalue weighted by Gasteiger charge is 2.37. The van der Waals surface area contributed by atoms with Crippen molar-refractivity contribution < 1.29 is 52.7 Å². The lowest BCUT2D eigenvalue weighted by Gasteiger charge is -2.40. The summed E-state index contributed by atoms with van der Waals surface area (Å²) < 4.78 is 37.5. The molecule has 6 aromatic rings. The molecule has 15 heteroatoms. The summed E-state index contributed by atoms with van der Waals surface area (Å²) in [6.45, 7) is 6.07. The first-order chi connectivity index (χ1) is 39.2. The van der Waals surface area contributed by atoms with Crippen LogP contribution in [0.2, 0.25) is 0 Å². The Morgan fingerprint density at radius 3 is 0.825 bits per heavy atom. The van der Waals surface area contributed by atoms with Crippen molar-refractivity contribution in [3.63, 3.8) is 0 Å². The fourth-order valence-electron chi connectivity index (χ4n) is 9.49. The third kappa shape index (κ3) is 20.4. The number of carbonyl (C=O) groups is 4. The Balaban J connectivity index is 1.27. The number of hydrogen-bond donors (Lipinski definition) is 1. The monoisotopic (exact) mass is 1090 g/mol. The summed E-state index contributed by atoms with van der Waals surface area (Å²) in [5, 5.41) is 10.9. The molecule has 0 aliphatic carbocycles. The Morgan fingerprint density at radius 2 is 0.600 bits per heavy atom. The molecule has 422 valence electrons. The normalized spacial score (nSPS) is 15.7. The van der Waals surface area contributed by atoms with Gasteiger partial charge in [-0.3, -0.25) is 38.8 Å². The summed E-state index contributed by atoms with van der Waals surface area (Å²) in [7, 11) is 0. The van der Waals surface area contributed by atoms with Crippen LogP contribution in [0.5, 0.6) is 0 Å². The van der Waals surface area contributed by atoms with Crippen LogP contribution in [0.3, 0.4) is 0 Å². The SMILES string of the molecule is C=CCCC(C(=O)O)N1CCN(C(COCc2ccccc2)C(=O)OCc2ccccc2)CCN(C(COCc2ccccc2)C(=O)OCc2ccccc2)CCN(C(COCc2ccccc2)C(=O)OCc2ccccc2)CC1. The van der Waals surface area contributed by atoms with Gasteiger partial charge in [-0.05, 0) is 46.2 Å². The fraction of sp³-hybridized carbons (Fsp3) is 0.354. The van der Waals surface area contributed by atoms with E-state index in [1.807, 2.05) is 202 Å². The highest BCUT2D eigenvalue weighted by atomic mass is 16.6. The van der Waals surface area contributed by atoms with E-state index in [9.17, 15) is 24.3 Å². The Morgan fingerprint density at radius 1 is 0.375 bits per heavy atom. The van der Waals surface area contributed by atoms with E-state index < -0.39 is 48.0 Å². The molecule has 0 radical (unpaired) electrons. The van der Waals surface area contributed by atoms with Gasteiger partial charge in [-0.1, -0.05) is 188 Å². The Bertz CT molecular complexity index is 2610. The molecule has 1 aliphatic heterocycles. The largest absolute Gasteiger partial charge is 0.480 e. The van der Waals surface area contributed by atoms with Crippen molar-refractivity contribution in [1.82, 2.24) is 19.6 Å². The van der Waals surface area contributed by atoms with E-state index in [1.54, 1.807) is 6.08 Å². The number of carboxylic acid groups (broad SMARTS) is 1. The average molecular weight is 1090 g/mol. The number of hydrogen-bond acceptors (Lipinski definition) is 14. The standard InChI is InChI=1S/C65H76N4O11/c1-2-3-34-58(62(70)71)66-35-37-67(59(49-75-43-52-22-10-4-11-23-52)63(72)78-46-55-28-16-7-17-29-55)39-41-69(61(51-77-45-54-26-14-6-15-27-54)65(74)80-48-57-32-20-9-21-33-57)42-40-68(38-36-66)60(50-76-44-53-24-12-5-13-25-53)64(73)79-47-56-30-18-8-19-31-56/h2,4-33,58-61H,1,3,34-51H2,(H,70,71). The molecule has 6 aromatic carbocycles. The van der Waals surface area contributed by atoms with Gasteiger partial charge >= 0.3 is 23.9 Å². The van der Waals surface area contributed by atoms with Crippen LogP contribution in [0.1, 0.15) is 46.2 Å². The van der Waals surface area contributed by atoms with Gasteiger partial charge in [-0.25, -0.2) is 0 Å². The van der Waals surface area contributed by atoms with Gasteiger partial charge < -0.3 is 33.5 Å². The third-order valence-electron chi connectivity index (χ3n) is 14.0. The lowest BCUT2D eigenvalue weighted by Crippen LogP contribution is -2.58. The van der Waals surface area contributed by atoms with E-state index in [2.05, 4.69) is 6.58 Å². The number of carboxylic acids is 1. The van der Waals surface area contributed by atoms with Crippen molar-refractivity contribution in [3.05, 3.63) is 228 Å². The molecule has 0 bridgehead atoms. The number of esters is 3. The molecule has 1 aliphatic rings. The maximum atomic E-state index is 14.8. The van der Waals surface area contributed by atoms with Crippen LogP contribution in [-0.2, 0) is 87.2 Å². The van der Waals surface area contributed by atoms with Gasteiger partial charge in [0, 0.05) is 52.4 Å². The zero-order chi connectivity index (χ0) is 56.0. The van der Waals surface area contributed by atoms with Gasteiger partial charge in [0.05, 0.1) is 39.6 Å². The Kier molecular flexibility index (Phi) is 25.6. The van der Waals surface area contributed by atoms with Gasteiger partial charge in [0.1, 0.15) is 44.0 Å². The van der Waals surface area contributed by atoms with E-state index in [0.29, 0.717) is 6.42 Å². The summed E-state index contributed by atoms with van der Waals surface area (Å²) in [6, 6.07) is 53.6. The predicted octanol–water partition coefficient (Wildman–Crippen LogP) is 8.61. The second-order valence-corrected chi connectivity index (χ2v) is 19.7. The second kappa shape index (κ2) is 33.9. The lowest BCUT2D eigenvalue weighted by molar-refractivity contribution is -0.158. The molecular weight excluding hydrogens is 1010 g/mol. The van der Waals surface area contributed by atoms with Crippen molar-refractivity contribution >= 4 is 23.9 Å². The number of rotatable bonds is 29. The van der Waals surface area contributed by atoms with Crippen LogP contribution in [0.15, 0.2) is 195 Å². The minimum Gasteiger partial charge on any atom is -0.480 e. The van der Waals surface area contributed by atoms with Gasteiger partial charge in [0.15, 0.2) is 0 Å². The summed E-state index contributed by atoms with van der Waals surface area (Å²) in [5.74, 6) is -2.56. The van der Waals surface area contributed by atoms with Crippen LogP contribution in [-0.4, -0.2) is 145 Å². The molecule has 0 saturated carbocycles. The lowest BCUT2D eigenvalue weighted by atomic mass is 10.1. The first kappa shape index (κ1) is 60.3. The van der Waals surface area contributed by atoms with Crippen molar-refractivity contribution in [1.29, 1.82) is 0 Å². The van der Waals surface area contributed by atoms with Gasteiger partial charge in [0.2, 0.25) is 0 Å². The Labute approximate surface area is 471 Å². The number of allylic oxidation sites excluding steroid dienone is 1. The molecular formula is C65H76N4O11. The molecule has 4 unspecified atom stereocenters. The van der Waals surface area contributed by atoms with Gasteiger partial charge in [-0.15, -0.1) is 6.58 Å². The maximum absolute atomic E-state index is 14.8. The second-order valence-electron chi connectivity index (χ2n) is 19.7. The molecule has 7 rings (SSSR count). The van der Waals surface area contributed by atoms with E-state index in [-0.39, 0.29) is 118 Å². The topological polar surface area (TPSA) is 157 Å². The highest BCUT2D eigenvalue weighted by molar-refractivity contribution is 5.77.